The lowest BCUT2D eigenvalue weighted by Crippen LogP contribution is -2.12. The van der Waals surface area contributed by atoms with E-state index in [4.69, 9.17) is 4.74 Å². The molecule has 7 heteroatoms. The number of non-ortho nitro benzene ring substituents is 1. The van der Waals surface area contributed by atoms with Crippen LogP contribution >= 0.6 is 0 Å². The Balaban J connectivity index is 2.66. The summed E-state index contributed by atoms with van der Waals surface area (Å²) in [4.78, 5) is 32.2. The molecular formula is C12H13NO6. The maximum absolute atomic E-state index is 11.6. The highest BCUT2D eigenvalue weighted by Gasteiger charge is 2.14. The van der Waals surface area contributed by atoms with E-state index in [1.807, 2.05) is 0 Å². The summed E-state index contributed by atoms with van der Waals surface area (Å²) in [6, 6.07) is 3.98. The number of nitro benzene ring substituents is 1. The molecule has 1 rings (SSSR count). The van der Waals surface area contributed by atoms with Crippen molar-refractivity contribution in [3.8, 4) is 0 Å². The molecule has 0 amide bonds. The van der Waals surface area contributed by atoms with Gasteiger partial charge in [0.1, 0.15) is 13.2 Å². The molecular weight excluding hydrogens is 254 g/mol. The predicted octanol–water partition coefficient (Wildman–Crippen LogP) is 1.62. The van der Waals surface area contributed by atoms with Crippen LogP contribution in [0.3, 0.4) is 0 Å². The van der Waals surface area contributed by atoms with Gasteiger partial charge in [0.15, 0.2) is 0 Å². The van der Waals surface area contributed by atoms with Crippen molar-refractivity contribution in [2.45, 2.75) is 13.8 Å². The summed E-state index contributed by atoms with van der Waals surface area (Å²) in [6.45, 7) is 2.74. The molecule has 0 N–H and O–H groups in total. The van der Waals surface area contributed by atoms with E-state index in [0.29, 0.717) is 5.56 Å². The van der Waals surface area contributed by atoms with E-state index >= 15 is 0 Å². The molecule has 0 saturated heterocycles. The van der Waals surface area contributed by atoms with Crippen molar-refractivity contribution >= 4 is 17.6 Å². The van der Waals surface area contributed by atoms with Gasteiger partial charge < -0.3 is 9.47 Å². The first-order chi connectivity index (χ1) is 8.90. The van der Waals surface area contributed by atoms with Gasteiger partial charge in [-0.3, -0.25) is 14.9 Å². The Hall–Kier alpha value is -2.44. The van der Waals surface area contributed by atoms with Crippen LogP contribution in [0.15, 0.2) is 18.2 Å². The molecule has 7 nitrogen and oxygen atoms in total. The Morgan fingerprint density at radius 2 is 1.84 bits per heavy atom. The minimum atomic E-state index is -0.695. The molecule has 0 aromatic heterocycles. The third kappa shape index (κ3) is 4.74. The van der Waals surface area contributed by atoms with E-state index in [2.05, 4.69) is 4.74 Å². The first-order valence-corrected chi connectivity index (χ1v) is 5.46. The summed E-state index contributed by atoms with van der Waals surface area (Å²) in [7, 11) is 0. The van der Waals surface area contributed by atoms with Crippen LogP contribution in [-0.4, -0.2) is 30.1 Å². The number of carbonyl (C=O) groups excluding carboxylic acids is 2. The molecule has 0 saturated carbocycles. The minimum Gasteiger partial charge on any atom is -0.462 e. The van der Waals surface area contributed by atoms with Crippen LogP contribution in [0, 0.1) is 17.0 Å². The van der Waals surface area contributed by atoms with Gasteiger partial charge in [-0.25, -0.2) is 4.79 Å². The molecule has 0 spiro atoms. The van der Waals surface area contributed by atoms with Crippen molar-refractivity contribution in [1.82, 2.24) is 0 Å². The van der Waals surface area contributed by atoms with E-state index in [9.17, 15) is 19.7 Å². The Bertz CT molecular complexity index is 511. The highest BCUT2D eigenvalue weighted by atomic mass is 16.6. The first-order valence-electron chi connectivity index (χ1n) is 5.46. The van der Waals surface area contributed by atoms with Gasteiger partial charge >= 0.3 is 11.9 Å². The molecule has 19 heavy (non-hydrogen) atoms. The van der Waals surface area contributed by atoms with Crippen molar-refractivity contribution in [3.05, 3.63) is 39.4 Å². The number of esters is 2. The number of hydrogen-bond donors (Lipinski definition) is 0. The minimum absolute atomic E-state index is 0.0466. The number of ether oxygens (including phenoxy) is 2. The zero-order valence-electron chi connectivity index (χ0n) is 10.5. The van der Waals surface area contributed by atoms with Crippen LogP contribution in [0.5, 0.6) is 0 Å². The third-order valence-electron chi connectivity index (χ3n) is 2.13. The molecule has 0 radical (unpaired) electrons. The maximum atomic E-state index is 11.6. The van der Waals surface area contributed by atoms with Gasteiger partial charge in [-0.1, -0.05) is 0 Å². The lowest BCUT2D eigenvalue weighted by Gasteiger charge is -2.05. The fraction of sp³-hybridized carbons (Fsp3) is 0.333. The quantitative estimate of drug-likeness (QED) is 0.348. The highest BCUT2D eigenvalue weighted by Crippen LogP contribution is 2.17. The smallest absolute Gasteiger partial charge is 0.338 e. The second-order valence-corrected chi connectivity index (χ2v) is 3.79. The number of hydrogen-bond acceptors (Lipinski definition) is 6. The van der Waals surface area contributed by atoms with Crippen molar-refractivity contribution < 1.29 is 24.0 Å². The number of nitrogens with zero attached hydrogens (tertiary/aromatic N) is 1. The number of rotatable bonds is 5. The third-order valence-corrected chi connectivity index (χ3v) is 2.13. The van der Waals surface area contributed by atoms with Gasteiger partial charge in [-0.15, -0.1) is 0 Å². The summed E-state index contributed by atoms with van der Waals surface area (Å²) >= 11 is 0. The molecule has 0 bridgehead atoms. The number of aryl methyl sites for hydroxylation is 1. The fourth-order valence-electron chi connectivity index (χ4n) is 1.39. The molecule has 1 aromatic rings. The zero-order chi connectivity index (χ0) is 14.4. The molecule has 0 aliphatic heterocycles. The molecule has 0 fully saturated rings. The summed E-state index contributed by atoms with van der Waals surface area (Å²) in [5, 5.41) is 10.7. The van der Waals surface area contributed by atoms with Crippen molar-refractivity contribution in [2.24, 2.45) is 0 Å². The van der Waals surface area contributed by atoms with Crippen LogP contribution in [-0.2, 0) is 14.3 Å². The Morgan fingerprint density at radius 1 is 1.21 bits per heavy atom. The number of carbonyl (C=O) groups is 2. The lowest BCUT2D eigenvalue weighted by atomic mass is 10.1. The van der Waals surface area contributed by atoms with Gasteiger partial charge in [0.05, 0.1) is 10.5 Å². The number of nitro groups is 1. The fourth-order valence-corrected chi connectivity index (χ4v) is 1.39. The van der Waals surface area contributed by atoms with E-state index in [1.165, 1.54) is 19.1 Å². The van der Waals surface area contributed by atoms with E-state index < -0.39 is 16.9 Å². The van der Waals surface area contributed by atoms with Crippen LogP contribution in [0.4, 0.5) is 5.69 Å². The van der Waals surface area contributed by atoms with Crippen LogP contribution < -0.4 is 0 Å². The van der Waals surface area contributed by atoms with Crippen molar-refractivity contribution in [3.63, 3.8) is 0 Å². The van der Waals surface area contributed by atoms with Crippen LogP contribution in [0.1, 0.15) is 22.8 Å². The Labute approximate surface area is 109 Å². The number of benzene rings is 1. The SMILES string of the molecule is CC(=O)OCCOC(=O)c1cc(C)cc([N+](=O)[O-])c1. The normalized spacial score (nSPS) is 9.79. The van der Waals surface area contributed by atoms with Gasteiger partial charge in [-0.2, -0.15) is 0 Å². The second kappa shape index (κ2) is 6.48. The van der Waals surface area contributed by atoms with E-state index in [-0.39, 0.29) is 24.5 Å². The topological polar surface area (TPSA) is 95.7 Å². The Morgan fingerprint density at radius 3 is 2.42 bits per heavy atom. The second-order valence-electron chi connectivity index (χ2n) is 3.79. The summed E-state index contributed by atoms with van der Waals surface area (Å²) < 4.78 is 9.42. The van der Waals surface area contributed by atoms with Gasteiger partial charge in [-0.05, 0) is 18.6 Å². The summed E-state index contributed by atoms with van der Waals surface area (Å²) in [5.74, 6) is -1.17. The van der Waals surface area contributed by atoms with E-state index in [0.717, 1.165) is 6.07 Å². The molecule has 0 atom stereocenters. The zero-order valence-corrected chi connectivity index (χ0v) is 10.5. The molecule has 1 aromatic carbocycles. The lowest BCUT2D eigenvalue weighted by molar-refractivity contribution is -0.384. The van der Waals surface area contributed by atoms with Gasteiger partial charge in [0.25, 0.3) is 5.69 Å². The molecule has 0 heterocycles. The summed E-state index contributed by atoms with van der Waals surface area (Å²) in [6.07, 6.45) is 0. The molecule has 102 valence electrons. The largest absolute Gasteiger partial charge is 0.462 e. The molecule has 0 unspecified atom stereocenters. The van der Waals surface area contributed by atoms with Crippen molar-refractivity contribution in [2.75, 3.05) is 13.2 Å². The highest BCUT2D eigenvalue weighted by molar-refractivity contribution is 5.90. The first kappa shape index (κ1) is 14.6. The average molecular weight is 267 g/mol. The standard InChI is InChI=1S/C12H13NO6/c1-8-5-10(7-11(6-8)13(16)17)12(15)19-4-3-18-9(2)14/h5-7H,3-4H2,1-2H3. The van der Waals surface area contributed by atoms with Crippen LogP contribution in [0.2, 0.25) is 0 Å². The summed E-state index contributed by atoms with van der Waals surface area (Å²) in [5.41, 5.74) is 0.502. The van der Waals surface area contributed by atoms with E-state index in [1.54, 1.807) is 6.92 Å². The molecule has 0 aliphatic rings. The van der Waals surface area contributed by atoms with Gasteiger partial charge in [0, 0.05) is 19.1 Å². The monoisotopic (exact) mass is 267 g/mol. The Kier molecular flexibility index (Phi) is 4.99. The van der Waals surface area contributed by atoms with Gasteiger partial charge in [0.2, 0.25) is 0 Å². The predicted molar refractivity (Wildman–Crippen MR) is 64.7 cm³/mol. The van der Waals surface area contributed by atoms with Crippen molar-refractivity contribution in [1.29, 1.82) is 0 Å². The average Bonchev–Trinajstić information content (AvgIpc) is 2.33. The van der Waals surface area contributed by atoms with Crippen LogP contribution in [0.25, 0.3) is 0 Å². The maximum Gasteiger partial charge on any atom is 0.338 e. The molecule has 0 aliphatic carbocycles.